The van der Waals surface area contributed by atoms with Gasteiger partial charge in [-0.1, -0.05) is 36.9 Å². The molecule has 6 heteroatoms. The third-order valence-corrected chi connectivity index (χ3v) is 2.42. The minimum Gasteiger partial charge on any atom is -0.466 e. The normalized spacial score (nSPS) is 10.8. The number of carbonyl (C=O) groups is 2. The predicted octanol–water partition coefficient (Wildman–Crippen LogP) is 2.48. The molecule has 0 radical (unpaired) electrons. The van der Waals surface area contributed by atoms with Crippen LogP contribution in [0.5, 0.6) is 0 Å². The summed E-state index contributed by atoms with van der Waals surface area (Å²) in [6.07, 6.45) is -1.13. The van der Waals surface area contributed by atoms with Gasteiger partial charge in [0.2, 0.25) is 0 Å². The van der Waals surface area contributed by atoms with Crippen molar-refractivity contribution >= 4 is 11.9 Å². The Hall–Kier alpha value is -2.24. The molecule has 20 heavy (non-hydrogen) atoms. The Morgan fingerprint density at radius 1 is 1.25 bits per heavy atom. The maximum absolute atomic E-state index is 13.5. The molecule has 0 spiro atoms. The van der Waals surface area contributed by atoms with E-state index >= 15 is 0 Å². The molecule has 0 aromatic heterocycles. The molecule has 1 aromatic carbocycles. The van der Waals surface area contributed by atoms with E-state index < -0.39 is 29.9 Å². The number of rotatable bonds is 6. The lowest BCUT2D eigenvalue weighted by atomic mass is 10.1. The molecule has 0 unspecified atom stereocenters. The van der Waals surface area contributed by atoms with Crippen molar-refractivity contribution in [2.24, 2.45) is 0 Å². The monoisotopic (exact) mass is 284 g/mol. The minimum absolute atomic E-state index is 0.264. The van der Waals surface area contributed by atoms with Crippen LogP contribution in [0.3, 0.4) is 0 Å². The fraction of sp³-hybridized carbons (Fsp3) is 0.286. The van der Waals surface area contributed by atoms with Crippen LogP contribution in [0.15, 0.2) is 42.5 Å². The summed E-state index contributed by atoms with van der Waals surface area (Å²) in [7, 11) is 1.04. The first-order valence-corrected chi connectivity index (χ1v) is 5.72. The van der Waals surface area contributed by atoms with Crippen molar-refractivity contribution in [1.29, 1.82) is 0 Å². The number of halogens is 2. The Bertz CT molecular complexity index is 497. The molecule has 4 nitrogen and oxygen atoms in total. The molecular weight excluding hydrogens is 270 g/mol. The molecule has 0 aliphatic rings. The van der Waals surface area contributed by atoms with Gasteiger partial charge in [-0.25, -0.2) is 9.59 Å². The summed E-state index contributed by atoms with van der Waals surface area (Å²) in [4.78, 5) is 22.3. The lowest BCUT2D eigenvalue weighted by Gasteiger charge is -2.15. The van der Waals surface area contributed by atoms with E-state index in [1.165, 1.54) is 0 Å². The zero-order chi connectivity index (χ0) is 15.2. The highest BCUT2D eigenvalue weighted by molar-refractivity contribution is 5.89. The molecule has 0 aliphatic heterocycles. The molecule has 0 saturated carbocycles. The van der Waals surface area contributed by atoms with Crippen molar-refractivity contribution in [3.8, 4) is 0 Å². The number of benzene rings is 1. The highest BCUT2D eigenvalue weighted by Crippen LogP contribution is 2.25. The highest BCUT2D eigenvalue weighted by atomic mass is 19.3. The number of esters is 2. The number of methoxy groups -OCH3 is 1. The van der Waals surface area contributed by atoms with E-state index in [9.17, 15) is 18.4 Å². The van der Waals surface area contributed by atoms with E-state index in [1.807, 2.05) is 0 Å². The third-order valence-electron chi connectivity index (χ3n) is 2.42. The first-order valence-electron chi connectivity index (χ1n) is 5.72. The first kappa shape index (κ1) is 15.8. The molecule has 0 bridgehead atoms. The lowest BCUT2D eigenvalue weighted by molar-refractivity contribution is -0.173. The number of carbonyl (C=O) groups excluding carboxylic acids is 2. The van der Waals surface area contributed by atoms with Crippen molar-refractivity contribution in [2.75, 3.05) is 7.11 Å². The Labute approximate surface area is 115 Å². The maximum Gasteiger partial charge on any atom is 0.377 e. The van der Waals surface area contributed by atoms with E-state index in [2.05, 4.69) is 16.1 Å². The van der Waals surface area contributed by atoms with E-state index in [0.29, 0.717) is 5.56 Å². The molecule has 0 amide bonds. The smallest absolute Gasteiger partial charge is 0.377 e. The Balaban J connectivity index is 2.56. The second kappa shape index (κ2) is 6.79. The number of alkyl halides is 2. The van der Waals surface area contributed by atoms with Gasteiger partial charge in [-0.2, -0.15) is 8.78 Å². The highest BCUT2D eigenvalue weighted by Gasteiger charge is 2.42. The fourth-order valence-electron chi connectivity index (χ4n) is 1.39. The molecular formula is C14H14F2O4. The second-order valence-electron chi connectivity index (χ2n) is 4.04. The topological polar surface area (TPSA) is 52.6 Å². The fourth-order valence-corrected chi connectivity index (χ4v) is 1.39. The van der Waals surface area contributed by atoms with Crippen LogP contribution < -0.4 is 0 Å². The maximum atomic E-state index is 13.5. The van der Waals surface area contributed by atoms with Gasteiger partial charge in [0.25, 0.3) is 0 Å². The van der Waals surface area contributed by atoms with Gasteiger partial charge < -0.3 is 9.47 Å². The van der Waals surface area contributed by atoms with Crippen molar-refractivity contribution in [2.45, 2.75) is 19.0 Å². The van der Waals surface area contributed by atoms with E-state index in [-0.39, 0.29) is 6.61 Å². The van der Waals surface area contributed by atoms with Crippen LogP contribution in [0, 0.1) is 0 Å². The van der Waals surface area contributed by atoms with Crippen LogP contribution in [0.25, 0.3) is 0 Å². The molecule has 108 valence electrons. The summed E-state index contributed by atoms with van der Waals surface area (Å²) in [6, 6.07) is 8.42. The van der Waals surface area contributed by atoms with Gasteiger partial charge in [-0.3, -0.25) is 0 Å². The molecule has 1 rings (SSSR count). The molecule has 0 N–H and O–H groups in total. The summed E-state index contributed by atoms with van der Waals surface area (Å²) in [5.74, 6) is -6.51. The number of ether oxygens (including phenoxy) is 2. The quantitative estimate of drug-likeness (QED) is 0.595. The number of hydrogen-bond donors (Lipinski definition) is 0. The van der Waals surface area contributed by atoms with E-state index in [4.69, 9.17) is 0 Å². The number of hydrogen-bond acceptors (Lipinski definition) is 4. The molecule has 0 aliphatic carbocycles. The van der Waals surface area contributed by atoms with Gasteiger partial charge in [0.15, 0.2) is 0 Å². The summed E-state index contributed by atoms with van der Waals surface area (Å²) >= 11 is 0. The van der Waals surface area contributed by atoms with Gasteiger partial charge in [0.1, 0.15) is 6.61 Å². The Morgan fingerprint density at radius 2 is 1.85 bits per heavy atom. The minimum atomic E-state index is -3.82. The van der Waals surface area contributed by atoms with Crippen LogP contribution in [0.4, 0.5) is 8.78 Å². The Kier molecular flexibility index (Phi) is 5.37. The van der Waals surface area contributed by atoms with Crippen molar-refractivity contribution in [1.82, 2.24) is 0 Å². The molecule has 0 heterocycles. The summed E-state index contributed by atoms with van der Waals surface area (Å²) in [5.41, 5.74) is 0.0950. The predicted molar refractivity (Wildman–Crippen MR) is 67.0 cm³/mol. The molecule has 0 fully saturated rings. The van der Waals surface area contributed by atoms with E-state index in [1.54, 1.807) is 30.3 Å². The summed E-state index contributed by atoms with van der Waals surface area (Å²) in [5, 5.41) is 0. The lowest BCUT2D eigenvalue weighted by Crippen LogP contribution is -2.32. The average Bonchev–Trinajstić information content (AvgIpc) is 2.44. The first-order chi connectivity index (χ1) is 9.36. The van der Waals surface area contributed by atoms with Crippen LogP contribution in [-0.2, 0) is 25.7 Å². The molecule has 0 atom stereocenters. The molecule has 0 saturated heterocycles. The van der Waals surface area contributed by atoms with Crippen molar-refractivity contribution < 1.29 is 27.8 Å². The zero-order valence-electron chi connectivity index (χ0n) is 10.9. The SMILES string of the molecule is C=C(CC(F)(F)C(=O)OCc1ccccc1)C(=O)OC. The van der Waals surface area contributed by atoms with Crippen molar-refractivity contribution in [3.63, 3.8) is 0 Å². The second-order valence-corrected chi connectivity index (χ2v) is 4.04. The average molecular weight is 284 g/mol. The molecule has 1 aromatic rings. The van der Waals surface area contributed by atoms with Gasteiger partial charge >= 0.3 is 17.9 Å². The van der Waals surface area contributed by atoms with Gasteiger partial charge in [-0.15, -0.1) is 0 Å². The zero-order valence-corrected chi connectivity index (χ0v) is 10.9. The summed E-state index contributed by atoms with van der Waals surface area (Å²) in [6.45, 7) is 2.89. The van der Waals surface area contributed by atoms with Crippen LogP contribution >= 0.6 is 0 Å². The third kappa shape index (κ3) is 4.46. The van der Waals surface area contributed by atoms with Crippen LogP contribution in [-0.4, -0.2) is 25.0 Å². The van der Waals surface area contributed by atoms with Gasteiger partial charge in [-0.05, 0) is 5.56 Å². The Morgan fingerprint density at radius 3 is 2.40 bits per heavy atom. The van der Waals surface area contributed by atoms with Gasteiger partial charge in [0.05, 0.1) is 13.5 Å². The largest absolute Gasteiger partial charge is 0.466 e. The van der Waals surface area contributed by atoms with Crippen LogP contribution in [0.1, 0.15) is 12.0 Å². The standard InChI is InChI=1S/C14H14F2O4/c1-10(12(17)19-2)8-14(15,16)13(18)20-9-11-6-4-3-5-7-11/h3-7H,1,8-9H2,2H3. The van der Waals surface area contributed by atoms with Gasteiger partial charge in [0, 0.05) is 5.57 Å². The van der Waals surface area contributed by atoms with Crippen LogP contribution in [0.2, 0.25) is 0 Å². The van der Waals surface area contributed by atoms with Crippen molar-refractivity contribution in [3.05, 3.63) is 48.0 Å². The summed E-state index contributed by atoms with van der Waals surface area (Å²) < 4.78 is 35.8. The van der Waals surface area contributed by atoms with E-state index in [0.717, 1.165) is 7.11 Å².